The molecule has 0 unspecified atom stereocenters. The summed E-state index contributed by atoms with van der Waals surface area (Å²) in [5.41, 5.74) is 0.733. The van der Waals surface area contributed by atoms with Crippen LogP contribution in [0.3, 0.4) is 0 Å². The Hall–Kier alpha value is -2.36. The van der Waals surface area contributed by atoms with Crippen LogP contribution in [0.15, 0.2) is 58.8 Å². The van der Waals surface area contributed by atoms with Gasteiger partial charge in [0.05, 0.1) is 0 Å². The highest BCUT2D eigenvalue weighted by Gasteiger charge is 1.99. The Bertz CT molecular complexity index is 478. The zero-order valence-corrected chi connectivity index (χ0v) is 12.4. The number of rotatable bonds is 2. The summed E-state index contributed by atoms with van der Waals surface area (Å²) in [6.45, 7) is 8.00. The van der Waals surface area contributed by atoms with Crippen molar-refractivity contribution in [1.29, 1.82) is 0 Å². The van der Waals surface area contributed by atoms with Gasteiger partial charge in [0.1, 0.15) is 22.9 Å². The Labute approximate surface area is 120 Å². The molecule has 0 aliphatic rings. The van der Waals surface area contributed by atoms with Crippen molar-refractivity contribution in [3.63, 3.8) is 0 Å². The van der Waals surface area contributed by atoms with Crippen molar-refractivity contribution in [2.75, 3.05) is 0 Å². The Morgan fingerprint density at radius 1 is 0.600 bits per heavy atom. The number of phenolic OH excluding ortho intramolecular Hbond substituents is 2. The van der Waals surface area contributed by atoms with Gasteiger partial charge in [-0.05, 0) is 24.3 Å². The first-order valence-corrected chi connectivity index (χ1v) is 6.75. The molecule has 20 heavy (non-hydrogen) atoms. The molecule has 4 heteroatoms. The second kappa shape index (κ2) is 10.6. The normalized spacial score (nSPS) is 9.20. The lowest BCUT2D eigenvalue weighted by Crippen LogP contribution is -1.68. The number of nitrogens with zero attached hydrogens (tertiary/aromatic N) is 2. The molecule has 2 aromatic rings. The third-order valence-corrected chi connectivity index (χ3v) is 2.03. The van der Waals surface area contributed by atoms with Gasteiger partial charge in [-0.15, -0.1) is 10.2 Å². The fourth-order valence-corrected chi connectivity index (χ4v) is 1.21. The zero-order chi connectivity index (χ0) is 15.4. The van der Waals surface area contributed by atoms with Crippen molar-refractivity contribution in [3.05, 3.63) is 48.5 Å². The second-order valence-electron chi connectivity index (χ2n) is 3.18. The number of phenols is 2. The van der Waals surface area contributed by atoms with Gasteiger partial charge < -0.3 is 10.2 Å². The molecule has 0 aliphatic carbocycles. The highest BCUT2D eigenvalue weighted by Crippen LogP contribution is 2.30. The molecular weight excluding hydrogens is 252 g/mol. The zero-order valence-electron chi connectivity index (χ0n) is 12.4. The van der Waals surface area contributed by atoms with Crippen LogP contribution in [0.5, 0.6) is 11.5 Å². The monoisotopic (exact) mass is 274 g/mol. The van der Waals surface area contributed by atoms with E-state index < -0.39 is 0 Å². The fourth-order valence-electron chi connectivity index (χ4n) is 1.21. The quantitative estimate of drug-likeness (QED) is 0.703. The second-order valence-corrected chi connectivity index (χ2v) is 3.18. The van der Waals surface area contributed by atoms with Gasteiger partial charge in [-0.3, -0.25) is 0 Å². The largest absolute Gasteiger partial charge is 0.506 e. The summed E-state index contributed by atoms with van der Waals surface area (Å²) in [7, 11) is 0. The Kier molecular flexibility index (Phi) is 9.31. The molecule has 0 amide bonds. The molecule has 0 saturated heterocycles. The van der Waals surface area contributed by atoms with Crippen LogP contribution in [-0.2, 0) is 0 Å². The van der Waals surface area contributed by atoms with E-state index in [0.29, 0.717) is 11.4 Å². The summed E-state index contributed by atoms with van der Waals surface area (Å²) < 4.78 is 0. The highest BCUT2D eigenvalue weighted by atomic mass is 16.3. The summed E-state index contributed by atoms with van der Waals surface area (Å²) in [6.07, 6.45) is 0. The molecule has 0 radical (unpaired) electrons. The van der Waals surface area contributed by atoms with Crippen LogP contribution in [0.1, 0.15) is 27.7 Å². The topological polar surface area (TPSA) is 65.2 Å². The lowest BCUT2D eigenvalue weighted by atomic mass is 10.3. The van der Waals surface area contributed by atoms with E-state index in [1.54, 1.807) is 36.4 Å². The first-order chi connectivity index (χ1) is 9.77. The first-order valence-electron chi connectivity index (χ1n) is 6.75. The maximum Gasteiger partial charge on any atom is 0.143 e. The summed E-state index contributed by atoms with van der Waals surface area (Å²) in [6, 6.07) is 13.2. The van der Waals surface area contributed by atoms with Crippen molar-refractivity contribution < 1.29 is 10.2 Å². The molecule has 2 aromatic carbocycles. The van der Waals surface area contributed by atoms with Gasteiger partial charge in [-0.25, -0.2) is 0 Å². The van der Waals surface area contributed by atoms with Crippen molar-refractivity contribution in [2.24, 2.45) is 10.2 Å². The van der Waals surface area contributed by atoms with Gasteiger partial charge in [0.25, 0.3) is 0 Å². The summed E-state index contributed by atoms with van der Waals surface area (Å²) >= 11 is 0. The van der Waals surface area contributed by atoms with E-state index in [1.807, 2.05) is 27.7 Å². The summed E-state index contributed by atoms with van der Waals surface area (Å²) in [5, 5.41) is 26.6. The number of para-hydroxylation sites is 2. The van der Waals surface area contributed by atoms with Crippen LogP contribution in [0.2, 0.25) is 0 Å². The standard InChI is InChI=1S/C12H10N2O2.2C2H6/c15-11-7-3-1-5-9(11)13-14-10-6-2-4-8-12(10)16;2*1-2/h1-8,15-16H;2*1-2H3. The lowest BCUT2D eigenvalue weighted by Gasteiger charge is -1.97. The number of azo groups is 1. The molecule has 0 fully saturated rings. The maximum absolute atomic E-state index is 9.44. The van der Waals surface area contributed by atoms with Gasteiger partial charge in [-0.1, -0.05) is 52.0 Å². The van der Waals surface area contributed by atoms with Crippen LogP contribution in [0.25, 0.3) is 0 Å². The van der Waals surface area contributed by atoms with E-state index in [4.69, 9.17) is 0 Å². The summed E-state index contributed by atoms with van der Waals surface area (Å²) in [5.74, 6) is 0.114. The van der Waals surface area contributed by atoms with Crippen LogP contribution in [0, 0.1) is 0 Å². The molecule has 4 nitrogen and oxygen atoms in total. The van der Waals surface area contributed by atoms with Gasteiger partial charge in [0.2, 0.25) is 0 Å². The van der Waals surface area contributed by atoms with Gasteiger partial charge >= 0.3 is 0 Å². The fraction of sp³-hybridized carbons (Fsp3) is 0.250. The minimum Gasteiger partial charge on any atom is -0.506 e. The molecule has 0 bridgehead atoms. The predicted molar refractivity (Wildman–Crippen MR) is 83.1 cm³/mol. The van der Waals surface area contributed by atoms with Crippen molar-refractivity contribution >= 4 is 11.4 Å². The van der Waals surface area contributed by atoms with Crippen LogP contribution < -0.4 is 0 Å². The molecule has 0 atom stereocenters. The number of hydrogen-bond donors (Lipinski definition) is 2. The van der Waals surface area contributed by atoms with Crippen LogP contribution in [0.4, 0.5) is 11.4 Å². The van der Waals surface area contributed by atoms with E-state index >= 15 is 0 Å². The highest BCUT2D eigenvalue weighted by molar-refractivity contribution is 5.53. The van der Waals surface area contributed by atoms with E-state index in [-0.39, 0.29) is 11.5 Å². The molecule has 0 aliphatic heterocycles. The molecule has 0 heterocycles. The van der Waals surface area contributed by atoms with Gasteiger partial charge in [-0.2, -0.15) is 0 Å². The summed E-state index contributed by atoms with van der Waals surface area (Å²) in [4.78, 5) is 0. The average molecular weight is 274 g/mol. The first kappa shape index (κ1) is 17.6. The third-order valence-electron chi connectivity index (χ3n) is 2.03. The van der Waals surface area contributed by atoms with E-state index in [1.165, 1.54) is 12.1 Å². The average Bonchev–Trinajstić information content (AvgIpc) is 2.52. The molecular formula is C16H22N2O2. The van der Waals surface area contributed by atoms with E-state index in [9.17, 15) is 10.2 Å². The number of benzene rings is 2. The Morgan fingerprint density at radius 3 is 1.20 bits per heavy atom. The van der Waals surface area contributed by atoms with E-state index in [0.717, 1.165) is 0 Å². The third kappa shape index (κ3) is 5.52. The van der Waals surface area contributed by atoms with Gasteiger partial charge in [0, 0.05) is 0 Å². The van der Waals surface area contributed by atoms with Gasteiger partial charge in [0.15, 0.2) is 0 Å². The molecule has 108 valence electrons. The Balaban J connectivity index is 0.000000829. The maximum atomic E-state index is 9.44. The van der Waals surface area contributed by atoms with Crippen LogP contribution >= 0.6 is 0 Å². The smallest absolute Gasteiger partial charge is 0.143 e. The number of hydrogen-bond acceptors (Lipinski definition) is 4. The van der Waals surface area contributed by atoms with E-state index in [2.05, 4.69) is 10.2 Å². The Morgan fingerprint density at radius 2 is 0.900 bits per heavy atom. The number of aromatic hydroxyl groups is 2. The molecule has 2 rings (SSSR count). The molecule has 2 N–H and O–H groups in total. The predicted octanol–water partition coefficient (Wildman–Crippen LogP) is 5.57. The van der Waals surface area contributed by atoms with Crippen LogP contribution in [-0.4, -0.2) is 10.2 Å². The van der Waals surface area contributed by atoms with Crippen molar-refractivity contribution in [3.8, 4) is 11.5 Å². The molecule has 0 aromatic heterocycles. The minimum absolute atomic E-state index is 0.0571. The van der Waals surface area contributed by atoms with Crippen molar-refractivity contribution in [2.45, 2.75) is 27.7 Å². The van der Waals surface area contributed by atoms with Crippen molar-refractivity contribution in [1.82, 2.24) is 0 Å². The minimum atomic E-state index is 0.0571. The lowest BCUT2D eigenvalue weighted by molar-refractivity contribution is 0.474. The molecule has 0 spiro atoms. The SMILES string of the molecule is CC.CC.Oc1ccccc1N=Nc1ccccc1O. The molecule has 0 saturated carbocycles.